The highest BCUT2D eigenvalue weighted by Gasteiger charge is 2.24. The van der Waals surface area contributed by atoms with E-state index in [0.29, 0.717) is 0 Å². The molecule has 25 heavy (non-hydrogen) atoms. The second-order valence-electron chi connectivity index (χ2n) is 5.30. The van der Waals surface area contributed by atoms with Crippen molar-refractivity contribution in [3.63, 3.8) is 0 Å². The first kappa shape index (κ1) is 18.6. The minimum absolute atomic E-state index is 0.0870. The number of carbonyl (C=O) groups is 1. The largest absolute Gasteiger partial charge is 0.425 e. The molecule has 0 amide bonds. The van der Waals surface area contributed by atoms with Gasteiger partial charge in [-0.05, 0) is 24.1 Å². The number of nitro benzene ring substituents is 1. The average molecular weight is 364 g/mol. The van der Waals surface area contributed by atoms with Crippen LogP contribution in [-0.4, -0.2) is 31.6 Å². The van der Waals surface area contributed by atoms with Crippen LogP contribution in [0.15, 0.2) is 54.6 Å². The van der Waals surface area contributed by atoms with E-state index in [1.165, 1.54) is 24.3 Å². The van der Waals surface area contributed by atoms with E-state index in [1.807, 2.05) is 0 Å². The Balaban J connectivity index is 2.15. The van der Waals surface area contributed by atoms with Crippen molar-refractivity contribution in [3.8, 4) is 5.75 Å². The molecule has 8 nitrogen and oxygen atoms in total. The minimum Gasteiger partial charge on any atom is -0.425 e. The van der Waals surface area contributed by atoms with Crippen LogP contribution in [0.4, 0.5) is 5.69 Å². The van der Waals surface area contributed by atoms with Gasteiger partial charge in [0.15, 0.2) is 0 Å². The van der Waals surface area contributed by atoms with Gasteiger partial charge in [0.25, 0.3) is 5.69 Å². The Morgan fingerprint density at radius 2 is 1.76 bits per heavy atom. The fourth-order valence-electron chi connectivity index (χ4n) is 2.10. The monoisotopic (exact) mass is 364 g/mol. The first-order valence-electron chi connectivity index (χ1n) is 7.22. The topological polar surface area (TPSA) is 116 Å². The zero-order valence-electron chi connectivity index (χ0n) is 13.3. The van der Waals surface area contributed by atoms with Gasteiger partial charge in [0.05, 0.1) is 11.2 Å². The van der Waals surface area contributed by atoms with Crippen molar-refractivity contribution < 1.29 is 22.9 Å². The van der Waals surface area contributed by atoms with Gasteiger partial charge < -0.3 is 4.74 Å². The third kappa shape index (κ3) is 5.98. The predicted octanol–water partition coefficient (Wildman–Crippen LogP) is 1.66. The Kier molecular flexibility index (Phi) is 5.84. The lowest BCUT2D eigenvalue weighted by molar-refractivity contribution is -0.384. The van der Waals surface area contributed by atoms with Gasteiger partial charge in [-0.1, -0.05) is 30.3 Å². The molecule has 9 heteroatoms. The van der Waals surface area contributed by atoms with Crippen LogP contribution in [0.5, 0.6) is 5.75 Å². The molecule has 2 aromatic rings. The van der Waals surface area contributed by atoms with Crippen LogP contribution in [0.1, 0.15) is 5.56 Å². The van der Waals surface area contributed by atoms with Gasteiger partial charge in [-0.2, -0.15) is 0 Å². The number of nitro groups is 1. The fraction of sp³-hybridized carbons (Fsp3) is 0.188. The standard InChI is InChI=1S/C16H16N2O6S/c1-25(22,23)17-15(11-12-5-3-2-4-6-12)16(19)24-14-9-7-13(8-10-14)18(20)21/h2-10,15,17H,11H2,1H3/t15-/m0/s1. The van der Waals surface area contributed by atoms with E-state index >= 15 is 0 Å². The summed E-state index contributed by atoms with van der Waals surface area (Å²) in [4.78, 5) is 22.4. The van der Waals surface area contributed by atoms with E-state index in [4.69, 9.17) is 4.74 Å². The number of benzene rings is 2. The van der Waals surface area contributed by atoms with Crippen molar-refractivity contribution in [1.29, 1.82) is 0 Å². The molecular formula is C16H16N2O6S. The molecule has 1 atom stereocenters. The van der Waals surface area contributed by atoms with Crippen LogP contribution in [0.3, 0.4) is 0 Å². The van der Waals surface area contributed by atoms with Gasteiger partial charge in [0, 0.05) is 12.1 Å². The summed E-state index contributed by atoms with van der Waals surface area (Å²) in [7, 11) is -3.64. The molecule has 2 aromatic carbocycles. The van der Waals surface area contributed by atoms with Crippen LogP contribution in [-0.2, 0) is 21.2 Å². The normalized spacial score (nSPS) is 12.4. The van der Waals surface area contributed by atoms with Gasteiger partial charge >= 0.3 is 5.97 Å². The first-order chi connectivity index (χ1) is 11.7. The lowest BCUT2D eigenvalue weighted by Gasteiger charge is -2.16. The number of non-ortho nitro benzene ring substituents is 1. The quantitative estimate of drug-likeness (QED) is 0.346. The minimum atomic E-state index is -3.64. The zero-order valence-corrected chi connectivity index (χ0v) is 14.1. The second kappa shape index (κ2) is 7.86. The van der Waals surface area contributed by atoms with Crippen molar-refractivity contribution in [2.24, 2.45) is 0 Å². The summed E-state index contributed by atoms with van der Waals surface area (Å²) in [5.41, 5.74) is 0.610. The lowest BCUT2D eigenvalue weighted by Crippen LogP contribution is -2.44. The Morgan fingerprint density at radius 3 is 2.28 bits per heavy atom. The van der Waals surface area contributed by atoms with Gasteiger partial charge in [0.2, 0.25) is 10.0 Å². The van der Waals surface area contributed by atoms with E-state index in [-0.39, 0.29) is 17.9 Å². The van der Waals surface area contributed by atoms with Crippen molar-refractivity contribution in [2.75, 3.05) is 6.26 Å². The molecule has 0 aliphatic rings. The summed E-state index contributed by atoms with van der Waals surface area (Å²) in [6.45, 7) is 0. The predicted molar refractivity (Wildman–Crippen MR) is 90.6 cm³/mol. The Labute approximate surface area is 144 Å². The highest BCUT2D eigenvalue weighted by Crippen LogP contribution is 2.18. The summed E-state index contributed by atoms with van der Waals surface area (Å²) in [6.07, 6.45) is 1.06. The summed E-state index contributed by atoms with van der Waals surface area (Å²) in [5, 5.41) is 10.6. The number of hydrogen-bond donors (Lipinski definition) is 1. The molecule has 0 aliphatic heterocycles. The third-order valence-electron chi connectivity index (χ3n) is 3.19. The maximum absolute atomic E-state index is 12.3. The third-order valence-corrected chi connectivity index (χ3v) is 3.90. The van der Waals surface area contributed by atoms with Gasteiger partial charge in [-0.3, -0.25) is 10.1 Å². The second-order valence-corrected chi connectivity index (χ2v) is 7.08. The molecule has 0 radical (unpaired) electrons. The van der Waals surface area contributed by atoms with Crippen LogP contribution >= 0.6 is 0 Å². The Bertz CT molecular complexity index is 850. The van der Waals surface area contributed by atoms with Gasteiger partial charge in [0.1, 0.15) is 11.8 Å². The summed E-state index contributed by atoms with van der Waals surface area (Å²) < 4.78 is 30.4. The zero-order chi connectivity index (χ0) is 18.4. The summed E-state index contributed by atoms with van der Waals surface area (Å²) in [5.74, 6) is -0.716. The maximum Gasteiger partial charge on any atom is 0.329 e. The highest BCUT2D eigenvalue weighted by atomic mass is 32.2. The molecule has 132 valence electrons. The molecule has 0 unspecified atom stereocenters. The van der Waals surface area contributed by atoms with Crippen LogP contribution in [0.25, 0.3) is 0 Å². The number of ether oxygens (including phenoxy) is 1. The SMILES string of the molecule is CS(=O)(=O)N[C@@H](Cc1ccccc1)C(=O)Oc1ccc([N+](=O)[O-])cc1. The number of hydrogen-bond acceptors (Lipinski definition) is 6. The molecule has 0 aromatic heterocycles. The van der Waals surface area contributed by atoms with E-state index in [1.54, 1.807) is 30.3 Å². The van der Waals surface area contributed by atoms with Crippen molar-refractivity contribution in [3.05, 3.63) is 70.3 Å². The van der Waals surface area contributed by atoms with Crippen LogP contribution < -0.4 is 9.46 Å². The van der Waals surface area contributed by atoms with Crippen molar-refractivity contribution in [1.82, 2.24) is 4.72 Å². The number of carbonyl (C=O) groups excluding carboxylic acids is 1. The molecule has 0 saturated carbocycles. The van der Waals surface area contributed by atoms with Crippen LogP contribution in [0.2, 0.25) is 0 Å². The molecule has 0 fully saturated rings. The smallest absolute Gasteiger partial charge is 0.329 e. The number of nitrogens with one attached hydrogen (secondary N) is 1. The van der Waals surface area contributed by atoms with Crippen molar-refractivity contribution in [2.45, 2.75) is 12.5 Å². The van der Waals surface area contributed by atoms with Crippen LogP contribution in [0, 0.1) is 10.1 Å². The molecule has 1 N–H and O–H groups in total. The first-order valence-corrected chi connectivity index (χ1v) is 9.11. The average Bonchev–Trinajstić information content (AvgIpc) is 2.54. The number of esters is 1. The fourth-order valence-corrected chi connectivity index (χ4v) is 2.80. The molecule has 0 saturated heterocycles. The lowest BCUT2D eigenvalue weighted by atomic mass is 10.1. The van der Waals surface area contributed by atoms with E-state index in [9.17, 15) is 23.3 Å². The van der Waals surface area contributed by atoms with Gasteiger partial charge in [-0.25, -0.2) is 17.9 Å². The molecular weight excluding hydrogens is 348 g/mol. The molecule has 0 bridgehead atoms. The number of sulfonamides is 1. The van der Waals surface area contributed by atoms with E-state index in [2.05, 4.69) is 4.72 Å². The maximum atomic E-state index is 12.3. The molecule has 0 spiro atoms. The van der Waals surface area contributed by atoms with E-state index < -0.39 is 27.0 Å². The molecule has 2 rings (SSSR count). The summed E-state index contributed by atoms with van der Waals surface area (Å²) >= 11 is 0. The molecule has 0 aliphatic carbocycles. The van der Waals surface area contributed by atoms with E-state index in [0.717, 1.165) is 11.8 Å². The number of rotatable bonds is 7. The van der Waals surface area contributed by atoms with Gasteiger partial charge in [-0.15, -0.1) is 0 Å². The Morgan fingerprint density at radius 1 is 1.16 bits per heavy atom. The summed E-state index contributed by atoms with van der Waals surface area (Å²) in [6, 6.07) is 12.7. The highest BCUT2D eigenvalue weighted by molar-refractivity contribution is 7.88. The number of nitrogens with zero attached hydrogens (tertiary/aromatic N) is 1. The molecule has 0 heterocycles. The van der Waals surface area contributed by atoms with Crippen molar-refractivity contribution >= 4 is 21.7 Å². The Hall–Kier alpha value is -2.78.